The summed E-state index contributed by atoms with van der Waals surface area (Å²) in [5.41, 5.74) is 2.53. The molecule has 4 aromatic rings. The SMILES string of the molecule is CNC(=O)COc1cc2cc(Nc3nc(N4CCC(OC5CC(N6CCC(c7cc8c(cc7OC(C)C)C(=O)N([C@@H]7CCC(=O)NC7=O)C8=O)CC6)C5)CC4)ncc3Cl)ccc2n(C(C)C)c1=O. The second kappa shape index (κ2) is 19.5. The Balaban J connectivity index is 0.768. The number of benzene rings is 2. The quantitative estimate of drug-likeness (QED) is 0.134. The number of anilines is 3. The Morgan fingerprint density at radius 1 is 0.882 bits per heavy atom. The molecule has 3 saturated heterocycles. The van der Waals surface area contributed by atoms with Crippen LogP contribution in [0.4, 0.5) is 17.5 Å². The summed E-state index contributed by atoms with van der Waals surface area (Å²) in [6, 6.07) is 10.0. The van der Waals surface area contributed by atoms with Gasteiger partial charge in [-0.05, 0) is 134 Å². The van der Waals surface area contributed by atoms with E-state index in [9.17, 15) is 28.8 Å². The van der Waals surface area contributed by atoms with Gasteiger partial charge in [0, 0.05) is 49.7 Å². The first-order valence-electron chi connectivity index (χ1n) is 23.7. The van der Waals surface area contributed by atoms with Crippen LogP contribution in [0.15, 0.2) is 47.4 Å². The smallest absolute Gasteiger partial charge is 0.293 e. The summed E-state index contributed by atoms with van der Waals surface area (Å²) in [4.78, 5) is 91.9. The normalized spacial score (nSPS) is 21.6. The van der Waals surface area contributed by atoms with Gasteiger partial charge < -0.3 is 39.2 Å². The molecule has 6 heterocycles. The maximum absolute atomic E-state index is 13.7. The van der Waals surface area contributed by atoms with Gasteiger partial charge in [-0.3, -0.25) is 39.0 Å². The molecule has 2 aromatic heterocycles. The van der Waals surface area contributed by atoms with Gasteiger partial charge in [0.1, 0.15) is 16.8 Å². The summed E-state index contributed by atoms with van der Waals surface area (Å²) in [5, 5.41) is 9.20. The van der Waals surface area contributed by atoms with E-state index in [0.717, 1.165) is 86.1 Å². The van der Waals surface area contributed by atoms with Crippen molar-refractivity contribution in [3.8, 4) is 11.5 Å². The Kier molecular flexibility index (Phi) is 13.5. The Bertz CT molecular complexity index is 2710. The number of aromatic nitrogens is 3. The summed E-state index contributed by atoms with van der Waals surface area (Å²) in [7, 11) is 1.51. The van der Waals surface area contributed by atoms with E-state index >= 15 is 0 Å². The summed E-state index contributed by atoms with van der Waals surface area (Å²) < 4.78 is 20.1. The number of fused-ring (bicyclic) bond motifs is 2. The largest absolute Gasteiger partial charge is 0.491 e. The third-order valence-corrected chi connectivity index (χ3v) is 14.0. The molecule has 1 saturated carbocycles. The molecule has 0 spiro atoms. The van der Waals surface area contributed by atoms with Crippen molar-refractivity contribution < 1.29 is 38.2 Å². The molecule has 9 rings (SSSR count). The molecule has 19 heteroatoms. The molecule has 1 aliphatic carbocycles. The number of nitrogens with zero attached hydrogens (tertiary/aromatic N) is 6. The first-order chi connectivity index (χ1) is 32.6. The average Bonchev–Trinajstić information content (AvgIpc) is 3.54. The number of likely N-dealkylation sites (tertiary alicyclic amines) is 1. The van der Waals surface area contributed by atoms with Gasteiger partial charge in [-0.25, -0.2) is 4.98 Å². The van der Waals surface area contributed by atoms with Crippen molar-refractivity contribution >= 4 is 69.5 Å². The van der Waals surface area contributed by atoms with Gasteiger partial charge in [-0.1, -0.05) is 11.6 Å². The van der Waals surface area contributed by atoms with E-state index in [2.05, 4.69) is 30.7 Å². The number of piperidine rings is 3. The van der Waals surface area contributed by atoms with Crippen LogP contribution in [0.25, 0.3) is 10.9 Å². The van der Waals surface area contributed by atoms with E-state index in [1.807, 2.05) is 45.9 Å². The fourth-order valence-corrected chi connectivity index (χ4v) is 10.3. The number of nitrogens with one attached hydrogen (secondary N) is 3. The number of hydrogen-bond acceptors (Lipinski definition) is 14. The summed E-state index contributed by atoms with van der Waals surface area (Å²) >= 11 is 6.61. The zero-order valence-electron chi connectivity index (χ0n) is 39.0. The van der Waals surface area contributed by atoms with Crippen molar-refractivity contribution in [1.82, 2.24) is 35.0 Å². The molecule has 1 atom stereocenters. The lowest BCUT2D eigenvalue weighted by atomic mass is 9.82. The van der Waals surface area contributed by atoms with Crippen molar-refractivity contribution in [3.63, 3.8) is 0 Å². The predicted octanol–water partition coefficient (Wildman–Crippen LogP) is 5.48. The minimum Gasteiger partial charge on any atom is -0.491 e. The highest BCUT2D eigenvalue weighted by atomic mass is 35.5. The lowest BCUT2D eigenvalue weighted by molar-refractivity contribution is -0.136. The minimum absolute atomic E-state index is 0.0658. The molecule has 0 radical (unpaired) electrons. The number of ether oxygens (including phenoxy) is 3. The van der Waals surface area contributed by atoms with Crippen LogP contribution in [-0.4, -0.2) is 124 Å². The van der Waals surface area contributed by atoms with Crippen LogP contribution < -0.4 is 35.9 Å². The third kappa shape index (κ3) is 9.50. The maximum atomic E-state index is 13.7. The summed E-state index contributed by atoms with van der Waals surface area (Å²) in [5.74, 6) is -0.590. The minimum atomic E-state index is -1.02. The lowest BCUT2D eigenvalue weighted by Crippen LogP contribution is -2.54. The molecule has 4 aliphatic heterocycles. The van der Waals surface area contributed by atoms with Crippen LogP contribution >= 0.6 is 11.6 Å². The van der Waals surface area contributed by atoms with E-state index < -0.39 is 29.7 Å². The highest BCUT2D eigenvalue weighted by Crippen LogP contribution is 2.42. The second-order valence-corrected chi connectivity index (χ2v) is 19.3. The number of amides is 5. The van der Waals surface area contributed by atoms with Crippen LogP contribution in [0, 0.1) is 0 Å². The number of carbonyl (C=O) groups excluding carboxylic acids is 5. The molecule has 0 unspecified atom stereocenters. The number of rotatable bonds is 14. The first-order valence-corrected chi connectivity index (χ1v) is 24.1. The van der Waals surface area contributed by atoms with Gasteiger partial charge in [0.25, 0.3) is 23.3 Å². The number of hydrogen-bond donors (Lipinski definition) is 3. The van der Waals surface area contributed by atoms with Crippen molar-refractivity contribution in [2.75, 3.05) is 50.1 Å². The van der Waals surface area contributed by atoms with Crippen LogP contribution in [0.5, 0.6) is 11.5 Å². The molecule has 5 amide bonds. The van der Waals surface area contributed by atoms with E-state index in [1.54, 1.807) is 29.0 Å². The topological polar surface area (TPSA) is 207 Å². The second-order valence-electron chi connectivity index (χ2n) is 18.9. The van der Waals surface area contributed by atoms with Crippen LogP contribution in [-0.2, 0) is 19.1 Å². The molecule has 3 N–H and O–H groups in total. The van der Waals surface area contributed by atoms with E-state index in [0.29, 0.717) is 34.3 Å². The predicted molar refractivity (Wildman–Crippen MR) is 254 cm³/mol. The third-order valence-electron chi connectivity index (χ3n) is 13.7. The van der Waals surface area contributed by atoms with Gasteiger partial charge in [-0.2, -0.15) is 4.98 Å². The number of halogens is 1. The van der Waals surface area contributed by atoms with Crippen molar-refractivity contribution in [2.45, 2.75) is 121 Å². The number of carbonyl (C=O) groups is 5. The Labute approximate surface area is 399 Å². The molecule has 4 fully saturated rings. The van der Waals surface area contributed by atoms with E-state index in [-0.39, 0.29) is 78.1 Å². The molecule has 68 heavy (non-hydrogen) atoms. The number of pyridine rings is 1. The highest BCUT2D eigenvalue weighted by Gasteiger charge is 2.46. The Hall–Kier alpha value is -6.11. The Morgan fingerprint density at radius 2 is 1.60 bits per heavy atom. The maximum Gasteiger partial charge on any atom is 0.293 e. The molecule has 0 bridgehead atoms. The average molecular weight is 953 g/mol. The van der Waals surface area contributed by atoms with Crippen LogP contribution in [0.1, 0.15) is 117 Å². The highest BCUT2D eigenvalue weighted by molar-refractivity contribution is 6.33. The first kappa shape index (κ1) is 47.0. The monoisotopic (exact) mass is 951 g/mol. The Morgan fingerprint density at radius 3 is 2.28 bits per heavy atom. The van der Waals surface area contributed by atoms with E-state index in [1.165, 1.54) is 7.05 Å². The van der Waals surface area contributed by atoms with Gasteiger partial charge in [-0.15, -0.1) is 0 Å². The molecule has 18 nitrogen and oxygen atoms in total. The molecule has 2 aromatic carbocycles. The van der Waals surface area contributed by atoms with Crippen molar-refractivity contribution in [2.24, 2.45) is 0 Å². The molecular weight excluding hydrogens is 894 g/mol. The fourth-order valence-electron chi connectivity index (χ4n) is 10.1. The number of imide groups is 2. The van der Waals surface area contributed by atoms with Crippen LogP contribution in [0.3, 0.4) is 0 Å². The standard InChI is InChI=1S/C49H58ClN9O9/c1-26(2)58-38-7-6-30(18-29(38)19-41(48(58)65)66-25-43(61)51-5)53-44-37(50)24-52-49(55-44)57-16-12-32(13-17-57)68-33-20-31(21-33)56-14-10-28(11-15-56)34-22-35-36(23-40(34)67-27(3)4)47(64)59(46(35)63)39-8-9-42(60)54-45(39)62/h6-7,18-19,22-24,26-28,31-33,39H,8-17,20-21,25H2,1-5H3,(H,51,61)(H,52,53,55)(H,54,60,62)/t31?,33?,39-/m1/s1. The molecular formula is C49H58ClN9O9. The molecule has 360 valence electrons. The van der Waals surface area contributed by atoms with Crippen molar-refractivity contribution in [3.05, 3.63) is 74.7 Å². The van der Waals surface area contributed by atoms with Crippen LogP contribution in [0.2, 0.25) is 5.02 Å². The van der Waals surface area contributed by atoms with Crippen molar-refractivity contribution in [1.29, 1.82) is 0 Å². The van der Waals surface area contributed by atoms with Gasteiger partial charge in [0.2, 0.25) is 17.8 Å². The molecule has 5 aliphatic rings. The fraction of sp³-hybridized carbons (Fsp3) is 0.510. The zero-order valence-corrected chi connectivity index (χ0v) is 39.8. The zero-order chi connectivity index (χ0) is 48.0. The van der Waals surface area contributed by atoms with Gasteiger partial charge in [0.05, 0.1) is 41.2 Å². The summed E-state index contributed by atoms with van der Waals surface area (Å²) in [6.45, 7) is 10.7. The van der Waals surface area contributed by atoms with Gasteiger partial charge in [0.15, 0.2) is 18.2 Å². The summed E-state index contributed by atoms with van der Waals surface area (Å²) in [6.07, 6.45) is 7.34. The van der Waals surface area contributed by atoms with E-state index in [4.69, 9.17) is 30.8 Å². The van der Waals surface area contributed by atoms with Gasteiger partial charge >= 0.3 is 0 Å². The lowest BCUT2D eigenvalue weighted by Gasteiger charge is -2.47. The number of likely N-dealkylation sites (N-methyl/N-ethyl adjacent to an activating group) is 1.